The number of aromatic nitrogens is 3. The molecule has 116 valence electrons. The maximum Gasteiger partial charge on any atom is 0.252 e. The SMILES string of the molecule is Cc1cc(C[C@@H]2CN(c3ncccc3C(N)=O)C[C@H]2O)n[nH]1. The predicted molar refractivity (Wildman–Crippen MR) is 81.5 cm³/mol. The average molecular weight is 301 g/mol. The number of aromatic amines is 1. The summed E-state index contributed by atoms with van der Waals surface area (Å²) in [4.78, 5) is 17.7. The number of carbonyl (C=O) groups excluding carboxylic acids is 1. The van der Waals surface area contributed by atoms with Gasteiger partial charge in [-0.25, -0.2) is 4.98 Å². The highest BCUT2D eigenvalue weighted by molar-refractivity contribution is 5.97. The third kappa shape index (κ3) is 2.80. The number of pyridine rings is 1. The molecular weight excluding hydrogens is 282 g/mol. The van der Waals surface area contributed by atoms with Crippen molar-refractivity contribution in [1.82, 2.24) is 15.2 Å². The smallest absolute Gasteiger partial charge is 0.252 e. The van der Waals surface area contributed by atoms with Crippen LogP contribution in [0.3, 0.4) is 0 Å². The van der Waals surface area contributed by atoms with E-state index in [0.717, 1.165) is 11.4 Å². The molecule has 3 heterocycles. The monoisotopic (exact) mass is 301 g/mol. The first kappa shape index (κ1) is 14.5. The lowest BCUT2D eigenvalue weighted by molar-refractivity contribution is 0.100. The Morgan fingerprint density at radius 1 is 1.55 bits per heavy atom. The van der Waals surface area contributed by atoms with Crippen molar-refractivity contribution >= 4 is 11.7 Å². The van der Waals surface area contributed by atoms with Crippen LogP contribution in [0.1, 0.15) is 21.7 Å². The standard InChI is InChI=1S/C15H19N5O2/c1-9-5-11(19-18-9)6-10-7-20(8-13(10)21)15-12(14(16)22)3-2-4-17-15/h2-5,10,13,21H,6-8H2,1H3,(H2,16,22)(H,18,19)/t10-,13-/m1/s1. The summed E-state index contributed by atoms with van der Waals surface area (Å²) in [6.07, 6.45) is 1.82. The zero-order valence-corrected chi connectivity index (χ0v) is 12.4. The number of β-amino-alcohol motifs (C(OH)–C–C–N with tert-alkyl or cyclic N) is 1. The van der Waals surface area contributed by atoms with Crippen LogP contribution < -0.4 is 10.6 Å². The van der Waals surface area contributed by atoms with E-state index in [0.29, 0.717) is 30.9 Å². The molecule has 0 aliphatic carbocycles. The molecule has 1 aliphatic heterocycles. The second-order valence-electron chi connectivity index (χ2n) is 5.72. The average Bonchev–Trinajstić information content (AvgIpc) is 3.06. The number of nitrogens with zero attached hydrogens (tertiary/aromatic N) is 3. The molecule has 1 amide bonds. The molecule has 0 bridgehead atoms. The van der Waals surface area contributed by atoms with Crippen molar-refractivity contribution in [3.05, 3.63) is 41.3 Å². The van der Waals surface area contributed by atoms with Gasteiger partial charge in [0.15, 0.2) is 0 Å². The fraction of sp³-hybridized carbons (Fsp3) is 0.400. The number of carbonyl (C=O) groups is 1. The number of H-pyrrole nitrogens is 1. The topological polar surface area (TPSA) is 108 Å². The zero-order chi connectivity index (χ0) is 15.7. The second kappa shape index (κ2) is 5.76. The van der Waals surface area contributed by atoms with Crippen molar-refractivity contribution in [2.24, 2.45) is 11.7 Å². The molecule has 3 rings (SSSR count). The summed E-state index contributed by atoms with van der Waals surface area (Å²) >= 11 is 0. The first-order chi connectivity index (χ1) is 10.5. The number of nitrogens with one attached hydrogen (secondary N) is 1. The van der Waals surface area contributed by atoms with Crippen molar-refractivity contribution in [2.75, 3.05) is 18.0 Å². The molecule has 7 nitrogen and oxygen atoms in total. The number of rotatable bonds is 4. The van der Waals surface area contributed by atoms with Gasteiger partial charge < -0.3 is 15.7 Å². The van der Waals surface area contributed by atoms with Gasteiger partial charge in [-0.1, -0.05) is 0 Å². The quantitative estimate of drug-likeness (QED) is 0.750. The van der Waals surface area contributed by atoms with Gasteiger partial charge in [-0.3, -0.25) is 9.89 Å². The van der Waals surface area contributed by atoms with E-state index >= 15 is 0 Å². The summed E-state index contributed by atoms with van der Waals surface area (Å²) in [6.45, 7) is 3.00. The van der Waals surface area contributed by atoms with E-state index in [2.05, 4.69) is 15.2 Å². The van der Waals surface area contributed by atoms with Crippen LogP contribution in [0.15, 0.2) is 24.4 Å². The number of aliphatic hydroxyl groups is 1. The van der Waals surface area contributed by atoms with E-state index in [1.807, 2.05) is 17.9 Å². The van der Waals surface area contributed by atoms with E-state index < -0.39 is 12.0 Å². The fourth-order valence-electron chi connectivity index (χ4n) is 2.92. The van der Waals surface area contributed by atoms with Crippen molar-refractivity contribution in [3.8, 4) is 0 Å². The maximum absolute atomic E-state index is 11.5. The number of anilines is 1. The van der Waals surface area contributed by atoms with Crippen LogP contribution in [0.5, 0.6) is 0 Å². The van der Waals surface area contributed by atoms with Gasteiger partial charge in [-0.2, -0.15) is 5.10 Å². The highest BCUT2D eigenvalue weighted by Gasteiger charge is 2.33. The minimum Gasteiger partial charge on any atom is -0.391 e. The van der Waals surface area contributed by atoms with Crippen molar-refractivity contribution in [3.63, 3.8) is 0 Å². The Morgan fingerprint density at radius 3 is 3.05 bits per heavy atom. The highest BCUT2D eigenvalue weighted by Crippen LogP contribution is 2.27. The summed E-state index contributed by atoms with van der Waals surface area (Å²) in [5, 5.41) is 17.4. The Bertz CT molecular complexity index is 684. The third-order valence-electron chi connectivity index (χ3n) is 3.99. The number of primary amides is 1. The number of nitrogens with two attached hydrogens (primary N) is 1. The third-order valence-corrected chi connectivity index (χ3v) is 3.99. The molecule has 4 N–H and O–H groups in total. The first-order valence-electron chi connectivity index (χ1n) is 7.23. The lowest BCUT2D eigenvalue weighted by atomic mass is 10.0. The lowest BCUT2D eigenvalue weighted by Crippen LogP contribution is -2.26. The molecule has 2 aromatic rings. The van der Waals surface area contributed by atoms with Crippen LogP contribution >= 0.6 is 0 Å². The molecule has 1 saturated heterocycles. The van der Waals surface area contributed by atoms with Gasteiger partial charge in [-0.05, 0) is 31.5 Å². The molecule has 7 heteroatoms. The van der Waals surface area contributed by atoms with Crippen LogP contribution in [-0.2, 0) is 6.42 Å². The number of aryl methyl sites for hydroxylation is 1. The zero-order valence-electron chi connectivity index (χ0n) is 12.4. The molecule has 0 saturated carbocycles. The predicted octanol–water partition coefficient (Wildman–Crippen LogP) is 0.252. The van der Waals surface area contributed by atoms with Gasteiger partial charge >= 0.3 is 0 Å². The largest absolute Gasteiger partial charge is 0.391 e. The molecule has 22 heavy (non-hydrogen) atoms. The van der Waals surface area contributed by atoms with Gasteiger partial charge in [-0.15, -0.1) is 0 Å². The lowest BCUT2D eigenvalue weighted by Gasteiger charge is -2.19. The number of aliphatic hydroxyl groups excluding tert-OH is 1. The van der Waals surface area contributed by atoms with E-state index in [1.165, 1.54) is 0 Å². The van der Waals surface area contributed by atoms with Gasteiger partial charge in [0.1, 0.15) is 5.82 Å². The summed E-state index contributed by atoms with van der Waals surface area (Å²) in [5.74, 6) is 0.0733. The van der Waals surface area contributed by atoms with Crippen LogP contribution in [0.4, 0.5) is 5.82 Å². The van der Waals surface area contributed by atoms with E-state index in [1.54, 1.807) is 18.3 Å². The van der Waals surface area contributed by atoms with Gasteiger partial charge in [0.2, 0.25) is 0 Å². The number of hydrogen-bond acceptors (Lipinski definition) is 5. The van der Waals surface area contributed by atoms with Crippen LogP contribution in [0.2, 0.25) is 0 Å². The molecular formula is C15H19N5O2. The van der Waals surface area contributed by atoms with Crippen LogP contribution in [-0.4, -0.2) is 45.4 Å². The Labute approximate surface area is 128 Å². The molecule has 0 unspecified atom stereocenters. The fourth-order valence-corrected chi connectivity index (χ4v) is 2.92. The molecule has 1 aliphatic rings. The Morgan fingerprint density at radius 2 is 2.36 bits per heavy atom. The van der Waals surface area contributed by atoms with Gasteiger partial charge in [0, 0.05) is 30.9 Å². The normalized spacial score (nSPS) is 21.3. The summed E-state index contributed by atoms with van der Waals surface area (Å²) in [7, 11) is 0. The van der Waals surface area contributed by atoms with Crippen molar-refractivity contribution in [1.29, 1.82) is 0 Å². The van der Waals surface area contributed by atoms with E-state index in [-0.39, 0.29) is 5.92 Å². The highest BCUT2D eigenvalue weighted by atomic mass is 16.3. The van der Waals surface area contributed by atoms with Crippen LogP contribution in [0, 0.1) is 12.8 Å². The summed E-state index contributed by atoms with van der Waals surface area (Å²) in [6, 6.07) is 5.31. The molecule has 0 radical (unpaired) electrons. The van der Waals surface area contributed by atoms with Gasteiger partial charge in [0.05, 0.1) is 17.4 Å². The van der Waals surface area contributed by atoms with Crippen molar-refractivity contribution in [2.45, 2.75) is 19.4 Å². The molecule has 0 aromatic carbocycles. The molecule has 2 aromatic heterocycles. The first-order valence-corrected chi connectivity index (χ1v) is 7.23. The molecule has 1 fully saturated rings. The maximum atomic E-state index is 11.5. The van der Waals surface area contributed by atoms with E-state index in [4.69, 9.17) is 5.73 Å². The minimum atomic E-state index is -0.510. The molecule has 2 atom stereocenters. The van der Waals surface area contributed by atoms with Crippen molar-refractivity contribution < 1.29 is 9.90 Å². The molecule has 0 spiro atoms. The van der Waals surface area contributed by atoms with E-state index in [9.17, 15) is 9.90 Å². The number of hydrogen-bond donors (Lipinski definition) is 3. The van der Waals surface area contributed by atoms with Gasteiger partial charge in [0.25, 0.3) is 5.91 Å². The van der Waals surface area contributed by atoms with Crippen LogP contribution in [0.25, 0.3) is 0 Å². The Hall–Kier alpha value is -2.41. The Balaban J connectivity index is 1.77. The minimum absolute atomic E-state index is 0.0467. The summed E-state index contributed by atoms with van der Waals surface area (Å²) in [5.41, 5.74) is 7.71. The second-order valence-corrected chi connectivity index (χ2v) is 5.72. The number of amides is 1. The summed E-state index contributed by atoms with van der Waals surface area (Å²) < 4.78 is 0. The Kier molecular flexibility index (Phi) is 3.81.